The predicted molar refractivity (Wildman–Crippen MR) is 244 cm³/mol. The Labute approximate surface area is 360 Å². The van der Waals surface area contributed by atoms with Gasteiger partial charge >= 0.3 is 17.9 Å². The maximum absolute atomic E-state index is 13.2. The van der Waals surface area contributed by atoms with Crippen LogP contribution in [0, 0.1) is 17.8 Å². The first-order valence-corrected chi connectivity index (χ1v) is 25.6. The van der Waals surface area contributed by atoms with Gasteiger partial charge in [-0.15, -0.1) is 0 Å². The fourth-order valence-electron chi connectivity index (χ4n) is 8.76. The molecule has 0 aromatic heterocycles. The summed E-state index contributed by atoms with van der Waals surface area (Å²) in [5.41, 5.74) is 0. The van der Waals surface area contributed by atoms with Gasteiger partial charge in [-0.1, -0.05) is 169 Å². The standard InChI is InChI=1S/C51H97NO6/c1-5-9-21-32-46(33-22-10-6-2)44-49(53)56-41-29-19-15-13-17-25-36-48(51(55)58-43-31-40-52-38-27-28-39-52)37-26-18-14-16-20-30-42-57-50(54)45-47(34-23-11-7-3)35-24-12-8-4/h46-48H,5-45H2,1-4H3. The Hall–Kier alpha value is -1.63. The van der Waals surface area contributed by atoms with Crippen LogP contribution >= 0.6 is 0 Å². The summed E-state index contributed by atoms with van der Waals surface area (Å²) < 4.78 is 17.2. The first kappa shape index (κ1) is 54.4. The van der Waals surface area contributed by atoms with E-state index < -0.39 is 0 Å². The summed E-state index contributed by atoms with van der Waals surface area (Å²) in [5.74, 6) is 0.990. The van der Waals surface area contributed by atoms with Crippen LogP contribution in [0.1, 0.15) is 252 Å². The third-order valence-electron chi connectivity index (χ3n) is 12.6. The van der Waals surface area contributed by atoms with Crippen LogP contribution in [0.4, 0.5) is 0 Å². The quantitative estimate of drug-likeness (QED) is 0.0344. The van der Waals surface area contributed by atoms with Gasteiger partial charge in [-0.25, -0.2) is 0 Å². The van der Waals surface area contributed by atoms with Gasteiger partial charge in [0.05, 0.1) is 25.7 Å². The van der Waals surface area contributed by atoms with Gasteiger partial charge < -0.3 is 19.1 Å². The van der Waals surface area contributed by atoms with Gasteiger partial charge in [0, 0.05) is 19.4 Å². The minimum absolute atomic E-state index is 0.000611. The topological polar surface area (TPSA) is 82.1 Å². The maximum atomic E-state index is 13.2. The number of unbranched alkanes of at least 4 members (excludes halogenated alkanes) is 18. The lowest BCUT2D eigenvalue weighted by atomic mass is 9.92. The van der Waals surface area contributed by atoms with Gasteiger partial charge in [0.15, 0.2) is 0 Å². The van der Waals surface area contributed by atoms with E-state index in [9.17, 15) is 14.4 Å². The van der Waals surface area contributed by atoms with Crippen molar-refractivity contribution in [2.24, 2.45) is 17.8 Å². The molecule has 1 fully saturated rings. The molecule has 1 rings (SSSR count). The van der Waals surface area contributed by atoms with E-state index in [1.54, 1.807) is 0 Å². The zero-order chi connectivity index (χ0) is 42.2. The van der Waals surface area contributed by atoms with Crippen molar-refractivity contribution in [3.05, 3.63) is 0 Å². The summed E-state index contributed by atoms with van der Waals surface area (Å²) in [6.45, 7) is 14.0. The van der Waals surface area contributed by atoms with Gasteiger partial charge in [0.25, 0.3) is 0 Å². The van der Waals surface area contributed by atoms with E-state index in [0.717, 1.165) is 129 Å². The molecule has 0 spiro atoms. The highest BCUT2D eigenvalue weighted by Crippen LogP contribution is 2.24. The third-order valence-corrected chi connectivity index (χ3v) is 12.6. The zero-order valence-electron chi connectivity index (χ0n) is 39.1. The highest BCUT2D eigenvalue weighted by atomic mass is 16.5. The number of esters is 3. The largest absolute Gasteiger partial charge is 0.466 e. The summed E-state index contributed by atoms with van der Waals surface area (Å²) in [4.78, 5) is 40.8. The van der Waals surface area contributed by atoms with Crippen LogP contribution in [-0.4, -0.2) is 62.3 Å². The minimum atomic E-state index is -0.000611. The summed E-state index contributed by atoms with van der Waals surface area (Å²) in [6.07, 6.45) is 39.1. The van der Waals surface area contributed by atoms with Crippen molar-refractivity contribution in [2.45, 2.75) is 252 Å². The Morgan fingerprint density at radius 3 is 1.16 bits per heavy atom. The molecule has 0 radical (unpaired) electrons. The SMILES string of the molecule is CCCCCC(CCCCC)CC(=O)OCCCCCCCCC(CCCCCCCCOC(=O)CC(CCCCC)CCCCC)C(=O)OCCCN1CCCC1. The lowest BCUT2D eigenvalue weighted by Crippen LogP contribution is -2.23. The number of ether oxygens (including phenoxy) is 3. The van der Waals surface area contributed by atoms with Gasteiger partial charge in [-0.2, -0.15) is 0 Å². The van der Waals surface area contributed by atoms with Crippen LogP contribution in [-0.2, 0) is 28.6 Å². The Kier molecular flexibility index (Phi) is 38.2. The molecule has 1 heterocycles. The number of carbonyl (C=O) groups is 3. The molecule has 1 saturated heterocycles. The molecule has 58 heavy (non-hydrogen) atoms. The highest BCUT2D eigenvalue weighted by Gasteiger charge is 2.20. The molecule has 0 aromatic carbocycles. The predicted octanol–water partition coefficient (Wildman–Crippen LogP) is 14.5. The highest BCUT2D eigenvalue weighted by molar-refractivity contribution is 5.72. The van der Waals surface area contributed by atoms with Crippen LogP contribution in [0.3, 0.4) is 0 Å². The van der Waals surface area contributed by atoms with Gasteiger partial charge in [-0.3, -0.25) is 14.4 Å². The van der Waals surface area contributed by atoms with Crippen molar-refractivity contribution >= 4 is 17.9 Å². The molecule has 7 nitrogen and oxygen atoms in total. The van der Waals surface area contributed by atoms with Gasteiger partial charge in [0.1, 0.15) is 0 Å². The second kappa shape index (κ2) is 40.8. The fourth-order valence-corrected chi connectivity index (χ4v) is 8.76. The number of likely N-dealkylation sites (tertiary alicyclic amines) is 1. The van der Waals surface area contributed by atoms with E-state index in [1.165, 1.54) is 103 Å². The molecular formula is C51H97NO6. The van der Waals surface area contributed by atoms with Crippen LogP contribution < -0.4 is 0 Å². The van der Waals surface area contributed by atoms with Crippen molar-refractivity contribution in [1.29, 1.82) is 0 Å². The summed E-state index contributed by atoms with van der Waals surface area (Å²) in [5, 5.41) is 0. The van der Waals surface area contributed by atoms with Crippen molar-refractivity contribution in [3.63, 3.8) is 0 Å². The number of hydrogen-bond acceptors (Lipinski definition) is 7. The van der Waals surface area contributed by atoms with Gasteiger partial charge in [0.2, 0.25) is 0 Å². The molecule has 0 N–H and O–H groups in total. The molecule has 1 aliphatic heterocycles. The lowest BCUT2D eigenvalue weighted by molar-refractivity contribution is -0.149. The number of rotatable bonds is 43. The summed E-state index contributed by atoms with van der Waals surface area (Å²) in [7, 11) is 0. The average molecular weight is 820 g/mol. The molecule has 0 amide bonds. The molecule has 0 aliphatic carbocycles. The van der Waals surface area contributed by atoms with Crippen LogP contribution in [0.5, 0.6) is 0 Å². The molecule has 342 valence electrons. The Morgan fingerprint density at radius 2 is 0.759 bits per heavy atom. The number of nitrogens with zero attached hydrogens (tertiary/aromatic N) is 1. The lowest BCUT2D eigenvalue weighted by Gasteiger charge is -2.18. The Balaban J connectivity index is 2.29. The minimum Gasteiger partial charge on any atom is -0.466 e. The molecule has 0 unspecified atom stereocenters. The molecule has 0 aromatic rings. The Bertz CT molecular complexity index is 860. The van der Waals surface area contributed by atoms with Crippen molar-refractivity contribution in [1.82, 2.24) is 4.90 Å². The first-order valence-electron chi connectivity index (χ1n) is 25.6. The van der Waals surface area contributed by atoms with Gasteiger partial charge in [-0.05, 0) is 95.6 Å². The molecule has 1 aliphatic rings. The van der Waals surface area contributed by atoms with Crippen molar-refractivity contribution < 1.29 is 28.6 Å². The van der Waals surface area contributed by atoms with Crippen LogP contribution in [0.2, 0.25) is 0 Å². The second-order valence-electron chi connectivity index (χ2n) is 18.2. The van der Waals surface area contributed by atoms with E-state index in [-0.39, 0.29) is 23.8 Å². The number of carbonyl (C=O) groups excluding carboxylic acids is 3. The van der Waals surface area contributed by atoms with E-state index in [4.69, 9.17) is 14.2 Å². The summed E-state index contributed by atoms with van der Waals surface area (Å²) >= 11 is 0. The van der Waals surface area contributed by atoms with Crippen LogP contribution in [0.25, 0.3) is 0 Å². The molecule has 7 heteroatoms. The number of hydrogen-bond donors (Lipinski definition) is 0. The van der Waals surface area contributed by atoms with E-state index in [1.807, 2.05) is 0 Å². The normalized spacial score (nSPS) is 13.3. The fraction of sp³-hybridized carbons (Fsp3) is 0.941. The monoisotopic (exact) mass is 820 g/mol. The van der Waals surface area contributed by atoms with E-state index in [0.29, 0.717) is 44.5 Å². The molecule has 0 bridgehead atoms. The second-order valence-corrected chi connectivity index (χ2v) is 18.2. The smallest absolute Gasteiger partial charge is 0.308 e. The van der Waals surface area contributed by atoms with Crippen molar-refractivity contribution in [2.75, 3.05) is 39.5 Å². The molecular weight excluding hydrogens is 723 g/mol. The van der Waals surface area contributed by atoms with E-state index in [2.05, 4.69) is 32.6 Å². The van der Waals surface area contributed by atoms with Crippen LogP contribution in [0.15, 0.2) is 0 Å². The molecule has 0 atom stereocenters. The maximum Gasteiger partial charge on any atom is 0.308 e. The first-order chi connectivity index (χ1) is 28.4. The van der Waals surface area contributed by atoms with Crippen molar-refractivity contribution in [3.8, 4) is 0 Å². The Morgan fingerprint density at radius 1 is 0.414 bits per heavy atom. The average Bonchev–Trinajstić information content (AvgIpc) is 3.74. The molecule has 0 saturated carbocycles. The zero-order valence-corrected chi connectivity index (χ0v) is 39.1. The third kappa shape index (κ3) is 33.1. The van der Waals surface area contributed by atoms with E-state index >= 15 is 0 Å². The summed E-state index contributed by atoms with van der Waals surface area (Å²) in [6, 6.07) is 0.